The van der Waals surface area contributed by atoms with Crippen LogP contribution < -0.4 is 10.6 Å². The van der Waals surface area contributed by atoms with Crippen LogP contribution in [-0.2, 0) is 4.79 Å². The Morgan fingerprint density at radius 1 is 0.917 bits per heavy atom. The highest BCUT2D eigenvalue weighted by molar-refractivity contribution is 7.13. The first kappa shape index (κ1) is 15.9. The number of rotatable bonds is 4. The van der Waals surface area contributed by atoms with Crippen LogP contribution in [0.25, 0.3) is 10.6 Å². The number of aromatic nitrogens is 1. The van der Waals surface area contributed by atoms with Crippen LogP contribution in [0.5, 0.6) is 0 Å². The topological polar surface area (TPSA) is 71.1 Å². The van der Waals surface area contributed by atoms with Crippen LogP contribution in [0.2, 0.25) is 0 Å². The maximum Gasteiger partial charge on any atom is 0.255 e. The van der Waals surface area contributed by atoms with Crippen molar-refractivity contribution in [3.8, 4) is 10.6 Å². The summed E-state index contributed by atoms with van der Waals surface area (Å²) in [5.74, 6) is -0.348. The van der Waals surface area contributed by atoms with E-state index in [2.05, 4.69) is 15.6 Å². The van der Waals surface area contributed by atoms with Crippen molar-refractivity contribution in [2.24, 2.45) is 0 Å². The number of nitrogens with one attached hydrogen (secondary N) is 2. The Morgan fingerprint density at radius 2 is 1.54 bits per heavy atom. The van der Waals surface area contributed by atoms with Gasteiger partial charge in [0.1, 0.15) is 5.01 Å². The van der Waals surface area contributed by atoms with Gasteiger partial charge in [0.25, 0.3) is 5.91 Å². The number of hydrogen-bond donors (Lipinski definition) is 2. The summed E-state index contributed by atoms with van der Waals surface area (Å²) >= 11 is 1.57. The van der Waals surface area contributed by atoms with E-state index in [4.69, 9.17) is 0 Å². The van der Waals surface area contributed by atoms with Gasteiger partial charge in [0.05, 0.1) is 0 Å². The fraction of sp³-hybridized carbons (Fsp3) is 0.0556. The molecule has 2 amide bonds. The molecule has 0 saturated carbocycles. The minimum Gasteiger partial charge on any atom is -0.326 e. The molecule has 1 aromatic heterocycles. The van der Waals surface area contributed by atoms with Crippen LogP contribution in [0.3, 0.4) is 0 Å². The Morgan fingerprint density at radius 3 is 2.12 bits per heavy atom. The molecule has 120 valence electrons. The van der Waals surface area contributed by atoms with Crippen molar-refractivity contribution in [3.05, 3.63) is 65.7 Å². The molecule has 0 saturated heterocycles. The molecule has 2 aromatic carbocycles. The minimum atomic E-state index is -0.202. The number of carbonyl (C=O) groups excluding carboxylic acids is 2. The Kier molecular flexibility index (Phi) is 4.67. The Labute approximate surface area is 143 Å². The van der Waals surface area contributed by atoms with Crippen molar-refractivity contribution < 1.29 is 9.59 Å². The zero-order chi connectivity index (χ0) is 16.9. The molecule has 0 spiro atoms. The predicted molar refractivity (Wildman–Crippen MR) is 96.2 cm³/mol. The predicted octanol–water partition coefficient (Wildman–Crippen LogP) is 4.02. The molecule has 0 unspecified atom stereocenters. The quantitative estimate of drug-likeness (QED) is 0.755. The molecular formula is C18H15N3O2S. The van der Waals surface area contributed by atoms with Crippen molar-refractivity contribution in [3.63, 3.8) is 0 Å². The van der Waals surface area contributed by atoms with Crippen molar-refractivity contribution in [2.45, 2.75) is 6.92 Å². The normalized spacial score (nSPS) is 10.2. The molecule has 6 heteroatoms. The lowest BCUT2D eigenvalue weighted by Gasteiger charge is -2.07. The molecule has 0 radical (unpaired) electrons. The van der Waals surface area contributed by atoms with Crippen LogP contribution in [0, 0.1) is 0 Å². The second-order valence-electron chi connectivity index (χ2n) is 5.13. The molecule has 0 aliphatic heterocycles. The van der Waals surface area contributed by atoms with Gasteiger partial charge in [0.2, 0.25) is 5.91 Å². The van der Waals surface area contributed by atoms with Gasteiger partial charge in [-0.1, -0.05) is 0 Å². The fourth-order valence-corrected chi connectivity index (χ4v) is 2.82. The third kappa shape index (κ3) is 3.85. The van der Waals surface area contributed by atoms with E-state index in [-0.39, 0.29) is 11.8 Å². The lowest BCUT2D eigenvalue weighted by atomic mass is 10.1. The van der Waals surface area contributed by atoms with E-state index in [0.717, 1.165) is 10.6 Å². The molecule has 3 aromatic rings. The van der Waals surface area contributed by atoms with E-state index in [9.17, 15) is 9.59 Å². The summed E-state index contributed by atoms with van der Waals surface area (Å²) in [7, 11) is 0. The van der Waals surface area contributed by atoms with Gasteiger partial charge in [-0.2, -0.15) is 0 Å². The number of amides is 2. The van der Waals surface area contributed by atoms with Crippen molar-refractivity contribution in [1.82, 2.24) is 4.98 Å². The van der Waals surface area contributed by atoms with Gasteiger partial charge >= 0.3 is 0 Å². The van der Waals surface area contributed by atoms with Crippen molar-refractivity contribution in [2.75, 3.05) is 10.6 Å². The summed E-state index contributed by atoms with van der Waals surface area (Å²) in [4.78, 5) is 27.5. The average Bonchev–Trinajstić information content (AvgIpc) is 3.10. The van der Waals surface area contributed by atoms with Gasteiger partial charge in [-0.25, -0.2) is 4.98 Å². The summed E-state index contributed by atoms with van der Waals surface area (Å²) in [6, 6.07) is 14.3. The Hall–Kier alpha value is -2.99. The van der Waals surface area contributed by atoms with Crippen LogP contribution >= 0.6 is 11.3 Å². The molecule has 2 N–H and O–H groups in total. The molecule has 1 heterocycles. The number of thiazole rings is 1. The van der Waals surface area contributed by atoms with Crippen molar-refractivity contribution in [1.29, 1.82) is 0 Å². The molecule has 0 aliphatic rings. The smallest absolute Gasteiger partial charge is 0.255 e. The maximum atomic E-state index is 12.3. The van der Waals surface area contributed by atoms with E-state index in [1.54, 1.807) is 41.8 Å². The summed E-state index contributed by atoms with van der Waals surface area (Å²) in [6.45, 7) is 1.44. The van der Waals surface area contributed by atoms with Gasteiger partial charge < -0.3 is 10.6 Å². The summed E-state index contributed by atoms with van der Waals surface area (Å²) in [5, 5.41) is 8.38. The van der Waals surface area contributed by atoms with E-state index < -0.39 is 0 Å². The van der Waals surface area contributed by atoms with Crippen LogP contribution in [0.1, 0.15) is 17.3 Å². The molecule has 0 aliphatic carbocycles. The monoisotopic (exact) mass is 337 g/mol. The van der Waals surface area contributed by atoms with Gasteiger partial charge in [0, 0.05) is 41.0 Å². The second-order valence-corrected chi connectivity index (χ2v) is 6.02. The highest BCUT2D eigenvalue weighted by atomic mass is 32.1. The lowest BCUT2D eigenvalue weighted by molar-refractivity contribution is -0.114. The molecule has 3 rings (SSSR count). The Bertz CT molecular complexity index is 841. The average molecular weight is 337 g/mol. The number of nitrogens with zero attached hydrogens (tertiary/aromatic N) is 1. The van der Waals surface area contributed by atoms with E-state index in [1.807, 2.05) is 29.6 Å². The molecule has 24 heavy (non-hydrogen) atoms. The van der Waals surface area contributed by atoms with Crippen LogP contribution in [0.15, 0.2) is 60.1 Å². The maximum absolute atomic E-state index is 12.3. The largest absolute Gasteiger partial charge is 0.326 e. The van der Waals surface area contributed by atoms with Gasteiger partial charge in [-0.15, -0.1) is 11.3 Å². The Balaban J connectivity index is 1.67. The molecular weight excluding hydrogens is 322 g/mol. The number of carbonyl (C=O) groups is 2. The second kappa shape index (κ2) is 7.06. The van der Waals surface area contributed by atoms with E-state index >= 15 is 0 Å². The molecule has 0 bridgehead atoms. The van der Waals surface area contributed by atoms with Gasteiger partial charge in [-0.3, -0.25) is 9.59 Å². The first-order valence-corrected chi connectivity index (χ1v) is 8.19. The van der Waals surface area contributed by atoms with Gasteiger partial charge in [0.15, 0.2) is 0 Å². The standard InChI is InChI=1S/C18H15N3O2S/c1-12(22)20-15-6-2-13(3-7-15)17(23)21-16-8-4-14(5-9-16)18-19-10-11-24-18/h2-11H,1H3,(H,20,22)(H,21,23). The van der Waals surface area contributed by atoms with Crippen LogP contribution in [0.4, 0.5) is 11.4 Å². The zero-order valence-electron chi connectivity index (χ0n) is 12.9. The minimum absolute atomic E-state index is 0.146. The summed E-state index contributed by atoms with van der Waals surface area (Å²) in [6.07, 6.45) is 1.76. The fourth-order valence-electron chi connectivity index (χ4n) is 2.17. The molecule has 5 nitrogen and oxygen atoms in total. The first-order chi connectivity index (χ1) is 11.6. The van der Waals surface area contributed by atoms with E-state index in [0.29, 0.717) is 16.9 Å². The number of hydrogen-bond acceptors (Lipinski definition) is 4. The first-order valence-electron chi connectivity index (χ1n) is 7.31. The lowest BCUT2D eigenvalue weighted by Crippen LogP contribution is -2.12. The molecule has 0 fully saturated rings. The highest BCUT2D eigenvalue weighted by Crippen LogP contribution is 2.23. The summed E-state index contributed by atoms with van der Waals surface area (Å²) in [5.41, 5.74) is 2.91. The highest BCUT2D eigenvalue weighted by Gasteiger charge is 2.07. The number of anilines is 2. The van der Waals surface area contributed by atoms with Crippen molar-refractivity contribution >= 4 is 34.5 Å². The summed E-state index contributed by atoms with van der Waals surface area (Å²) < 4.78 is 0. The van der Waals surface area contributed by atoms with E-state index in [1.165, 1.54) is 6.92 Å². The third-order valence-electron chi connectivity index (χ3n) is 3.29. The number of benzene rings is 2. The van der Waals surface area contributed by atoms with Gasteiger partial charge in [-0.05, 0) is 48.5 Å². The van der Waals surface area contributed by atoms with Crippen LogP contribution in [-0.4, -0.2) is 16.8 Å². The third-order valence-corrected chi connectivity index (χ3v) is 4.11. The SMILES string of the molecule is CC(=O)Nc1ccc(C(=O)Nc2ccc(-c3nccs3)cc2)cc1. The zero-order valence-corrected chi connectivity index (χ0v) is 13.8. The molecule has 0 atom stereocenters.